The smallest absolute Gasteiger partial charge is 0.242 e. The summed E-state index contributed by atoms with van der Waals surface area (Å²) < 4.78 is 5.22. The zero-order valence-corrected chi connectivity index (χ0v) is 10.5. The first-order valence-electron chi connectivity index (χ1n) is 5.35. The molecule has 8 nitrogen and oxygen atoms in total. The van der Waals surface area contributed by atoms with E-state index in [0.717, 1.165) is 0 Å². The van der Waals surface area contributed by atoms with E-state index in [4.69, 9.17) is 22.1 Å². The van der Waals surface area contributed by atoms with Crippen LogP contribution < -0.4 is 16.0 Å². The van der Waals surface area contributed by atoms with Crippen molar-refractivity contribution >= 4 is 29.4 Å². The fourth-order valence-corrected chi connectivity index (χ4v) is 1.81. The summed E-state index contributed by atoms with van der Waals surface area (Å²) in [5, 5.41) is 2.83. The van der Waals surface area contributed by atoms with Gasteiger partial charge >= 0.3 is 0 Å². The van der Waals surface area contributed by atoms with Crippen molar-refractivity contribution in [1.29, 1.82) is 0 Å². The Morgan fingerprint density at radius 2 is 2.33 bits per heavy atom. The normalized spacial score (nSPS) is 19.7. The highest BCUT2D eigenvalue weighted by atomic mass is 35.5. The third kappa shape index (κ3) is 2.59. The van der Waals surface area contributed by atoms with E-state index in [1.165, 1.54) is 0 Å². The van der Waals surface area contributed by atoms with Crippen LogP contribution in [0.2, 0.25) is 5.28 Å². The number of rotatable bonds is 3. The van der Waals surface area contributed by atoms with Crippen molar-refractivity contribution < 1.29 is 9.53 Å². The molecule has 0 bridgehead atoms. The SMILES string of the molecule is CNc1nc(Cl)nc(N2CCOCC2C(N)=O)n1. The van der Waals surface area contributed by atoms with Crippen molar-refractivity contribution in [2.75, 3.05) is 37.0 Å². The third-order valence-electron chi connectivity index (χ3n) is 2.53. The molecular weight excluding hydrogens is 260 g/mol. The molecule has 2 rings (SSSR count). The Labute approximate surface area is 109 Å². The average molecular weight is 273 g/mol. The van der Waals surface area contributed by atoms with Gasteiger partial charge in [0.1, 0.15) is 6.04 Å². The fraction of sp³-hybridized carbons (Fsp3) is 0.556. The predicted octanol–water partition coefficient (Wildman–Crippen LogP) is -0.743. The van der Waals surface area contributed by atoms with E-state index >= 15 is 0 Å². The Kier molecular flexibility index (Phi) is 3.78. The van der Waals surface area contributed by atoms with Crippen molar-refractivity contribution in [1.82, 2.24) is 15.0 Å². The first-order valence-corrected chi connectivity index (χ1v) is 5.72. The standard InChI is InChI=1S/C9H13ClN6O2/c1-12-8-13-7(10)14-9(15-8)16-2-3-18-4-5(16)6(11)17/h5H,2-4H2,1H3,(H2,11,17)(H,12,13,14,15). The third-order valence-corrected chi connectivity index (χ3v) is 2.70. The molecule has 1 amide bonds. The number of morpholine rings is 1. The van der Waals surface area contributed by atoms with Gasteiger partial charge in [0.05, 0.1) is 13.2 Å². The second-order valence-electron chi connectivity index (χ2n) is 3.66. The van der Waals surface area contributed by atoms with Gasteiger partial charge in [0, 0.05) is 13.6 Å². The van der Waals surface area contributed by atoms with E-state index in [-0.39, 0.29) is 11.9 Å². The zero-order chi connectivity index (χ0) is 13.1. The van der Waals surface area contributed by atoms with Crippen molar-refractivity contribution in [3.8, 4) is 0 Å². The highest BCUT2D eigenvalue weighted by Crippen LogP contribution is 2.18. The van der Waals surface area contributed by atoms with E-state index in [2.05, 4.69) is 20.3 Å². The molecule has 18 heavy (non-hydrogen) atoms. The number of nitrogens with two attached hydrogens (primary N) is 1. The van der Waals surface area contributed by atoms with Crippen molar-refractivity contribution in [2.24, 2.45) is 5.73 Å². The molecule has 1 aromatic heterocycles. The Morgan fingerprint density at radius 3 is 3.00 bits per heavy atom. The number of aromatic nitrogens is 3. The minimum Gasteiger partial charge on any atom is -0.377 e. The van der Waals surface area contributed by atoms with Gasteiger partial charge in [-0.05, 0) is 11.6 Å². The molecule has 0 spiro atoms. The van der Waals surface area contributed by atoms with Crippen LogP contribution in [-0.2, 0) is 9.53 Å². The van der Waals surface area contributed by atoms with Crippen molar-refractivity contribution in [3.05, 3.63) is 5.28 Å². The lowest BCUT2D eigenvalue weighted by atomic mass is 10.2. The van der Waals surface area contributed by atoms with Crippen molar-refractivity contribution in [2.45, 2.75) is 6.04 Å². The van der Waals surface area contributed by atoms with E-state index in [1.807, 2.05) is 0 Å². The first-order chi connectivity index (χ1) is 8.61. The van der Waals surface area contributed by atoms with Gasteiger partial charge < -0.3 is 20.7 Å². The number of primary amides is 1. The monoisotopic (exact) mass is 272 g/mol. The largest absolute Gasteiger partial charge is 0.377 e. The summed E-state index contributed by atoms with van der Waals surface area (Å²) in [6, 6.07) is -0.595. The average Bonchev–Trinajstić information content (AvgIpc) is 2.38. The van der Waals surface area contributed by atoms with Gasteiger partial charge in [0.2, 0.25) is 23.1 Å². The molecule has 1 atom stereocenters. The van der Waals surface area contributed by atoms with E-state index in [1.54, 1.807) is 11.9 Å². The molecule has 0 saturated carbocycles. The van der Waals surface area contributed by atoms with Crippen LogP contribution in [0.4, 0.5) is 11.9 Å². The number of nitrogens with zero attached hydrogens (tertiary/aromatic N) is 4. The molecule has 0 radical (unpaired) electrons. The number of ether oxygens (including phenoxy) is 1. The van der Waals surface area contributed by atoms with Crippen LogP contribution in [0.25, 0.3) is 0 Å². The number of amides is 1. The van der Waals surface area contributed by atoms with Crippen LogP contribution >= 0.6 is 11.6 Å². The molecule has 1 aliphatic rings. The zero-order valence-electron chi connectivity index (χ0n) is 9.76. The second-order valence-corrected chi connectivity index (χ2v) is 4.00. The maximum Gasteiger partial charge on any atom is 0.242 e. The number of carbonyl (C=O) groups is 1. The van der Waals surface area contributed by atoms with Crippen LogP contribution in [0.1, 0.15) is 0 Å². The molecular formula is C9H13ClN6O2. The molecule has 9 heteroatoms. The summed E-state index contributed by atoms with van der Waals surface area (Å²) in [6.07, 6.45) is 0. The summed E-state index contributed by atoms with van der Waals surface area (Å²) in [4.78, 5) is 25.1. The van der Waals surface area contributed by atoms with E-state index in [9.17, 15) is 4.79 Å². The summed E-state index contributed by atoms with van der Waals surface area (Å²) in [5.74, 6) is 0.156. The molecule has 3 N–H and O–H groups in total. The Bertz CT molecular complexity index is 457. The molecule has 0 aliphatic carbocycles. The molecule has 1 unspecified atom stereocenters. The second kappa shape index (κ2) is 5.32. The molecule has 1 saturated heterocycles. The highest BCUT2D eigenvalue weighted by Gasteiger charge is 2.30. The van der Waals surface area contributed by atoms with Crippen LogP contribution in [0, 0.1) is 0 Å². The number of hydrogen-bond donors (Lipinski definition) is 2. The summed E-state index contributed by atoms with van der Waals surface area (Å²) in [7, 11) is 1.67. The summed E-state index contributed by atoms with van der Waals surface area (Å²) >= 11 is 5.80. The summed E-state index contributed by atoms with van der Waals surface area (Å²) in [5.41, 5.74) is 5.32. The maximum atomic E-state index is 11.4. The lowest BCUT2D eigenvalue weighted by molar-refractivity contribution is -0.121. The molecule has 1 aliphatic heterocycles. The molecule has 0 aromatic carbocycles. The summed E-state index contributed by atoms with van der Waals surface area (Å²) in [6.45, 7) is 1.16. The number of hydrogen-bond acceptors (Lipinski definition) is 7. The minimum atomic E-state index is -0.595. The van der Waals surface area contributed by atoms with Gasteiger partial charge in [-0.15, -0.1) is 0 Å². The molecule has 1 fully saturated rings. The van der Waals surface area contributed by atoms with Gasteiger partial charge in [-0.1, -0.05) is 0 Å². The van der Waals surface area contributed by atoms with E-state index in [0.29, 0.717) is 25.0 Å². The van der Waals surface area contributed by atoms with Crippen LogP contribution in [0.15, 0.2) is 0 Å². The van der Waals surface area contributed by atoms with Gasteiger partial charge in [-0.25, -0.2) is 0 Å². The maximum absolute atomic E-state index is 11.4. The number of nitrogens with one attached hydrogen (secondary N) is 1. The van der Waals surface area contributed by atoms with Crippen LogP contribution in [-0.4, -0.2) is 53.7 Å². The number of anilines is 2. The quantitative estimate of drug-likeness (QED) is 0.746. The molecule has 1 aromatic rings. The van der Waals surface area contributed by atoms with Gasteiger partial charge in [0.15, 0.2) is 0 Å². The predicted molar refractivity (Wildman–Crippen MR) is 65.5 cm³/mol. The minimum absolute atomic E-state index is 0.0547. The lowest BCUT2D eigenvalue weighted by Crippen LogP contribution is -2.53. The first kappa shape index (κ1) is 12.8. The fourth-order valence-electron chi connectivity index (χ4n) is 1.66. The number of halogens is 1. The Hall–Kier alpha value is -1.67. The Balaban J connectivity index is 2.33. The Morgan fingerprint density at radius 1 is 1.56 bits per heavy atom. The molecule has 2 heterocycles. The van der Waals surface area contributed by atoms with Crippen molar-refractivity contribution in [3.63, 3.8) is 0 Å². The lowest BCUT2D eigenvalue weighted by Gasteiger charge is -2.33. The van der Waals surface area contributed by atoms with Gasteiger partial charge in [0.25, 0.3) is 0 Å². The van der Waals surface area contributed by atoms with Crippen LogP contribution in [0.5, 0.6) is 0 Å². The van der Waals surface area contributed by atoms with Gasteiger partial charge in [-0.2, -0.15) is 15.0 Å². The topological polar surface area (TPSA) is 106 Å². The molecule has 98 valence electrons. The van der Waals surface area contributed by atoms with Crippen LogP contribution in [0.3, 0.4) is 0 Å². The number of carbonyl (C=O) groups excluding carboxylic acids is 1. The highest BCUT2D eigenvalue weighted by molar-refractivity contribution is 6.28. The van der Waals surface area contributed by atoms with Gasteiger partial charge in [-0.3, -0.25) is 4.79 Å². The van der Waals surface area contributed by atoms with E-state index < -0.39 is 11.9 Å².